The molecule has 2 aromatic rings. The first-order chi connectivity index (χ1) is 8.74. The third-order valence-corrected chi connectivity index (χ3v) is 3.02. The Balaban J connectivity index is 1.92. The molecule has 0 saturated carbocycles. The van der Waals surface area contributed by atoms with Gasteiger partial charge in [0.1, 0.15) is 5.52 Å². The lowest BCUT2D eigenvalue weighted by Gasteiger charge is -2.23. The van der Waals surface area contributed by atoms with Gasteiger partial charge in [-0.05, 0) is 18.6 Å². The molecule has 0 bridgehead atoms. The maximum atomic E-state index is 5.94. The van der Waals surface area contributed by atoms with E-state index in [0.717, 1.165) is 16.7 Å². The van der Waals surface area contributed by atoms with E-state index < -0.39 is 0 Å². The second kappa shape index (κ2) is 4.55. The number of aromatic nitrogens is 3. The van der Waals surface area contributed by atoms with Crippen molar-refractivity contribution in [2.24, 2.45) is 0 Å². The average molecular weight is 248 g/mol. The van der Waals surface area contributed by atoms with Crippen molar-refractivity contribution in [3.05, 3.63) is 17.8 Å². The summed E-state index contributed by atoms with van der Waals surface area (Å²) in [4.78, 5) is 8.71. The van der Waals surface area contributed by atoms with E-state index in [4.69, 9.17) is 15.2 Å². The van der Waals surface area contributed by atoms with E-state index in [2.05, 4.69) is 9.97 Å². The van der Waals surface area contributed by atoms with Gasteiger partial charge in [0.25, 0.3) is 0 Å². The summed E-state index contributed by atoms with van der Waals surface area (Å²) in [6.45, 7) is 4.49. The average Bonchev–Trinajstić information content (AvgIpc) is 2.66. The van der Waals surface area contributed by atoms with Gasteiger partial charge in [0, 0.05) is 6.20 Å². The number of ether oxygens (including phenoxy) is 2. The third-order valence-electron chi connectivity index (χ3n) is 3.02. The van der Waals surface area contributed by atoms with Crippen LogP contribution >= 0.6 is 0 Å². The van der Waals surface area contributed by atoms with Crippen LogP contribution in [0.3, 0.4) is 0 Å². The number of imidazole rings is 1. The number of nitrogen functional groups attached to an aromatic ring is 1. The number of rotatable bonds is 2. The molecule has 1 aliphatic rings. The van der Waals surface area contributed by atoms with E-state index in [-0.39, 0.29) is 6.10 Å². The molecule has 1 atom stereocenters. The van der Waals surface area contributed by atoms with E-state index >= 15 is 0 Å². The summed E-state index contributed by atoms with van der Waals surface area (Å²) in [7, 11) is 0. The fourth-order valence-corrected chi connectivity index (χ4v) is 2.15. The maximum absolute atomic E-state index is 5.94. The fourth-order valence-electron chi connectivity index (χ4n) is 2.15. The van der Waals surface area contributed by atoms with Crippen LogP contribution in [-0.2, 0) is 16.0 Å². The minimum Gasteiger partial charge on any atom is -0.376 e. The number of pyridine rings is 1. The topological polar surface area (TPSA) is 75.2 Å². The number of hydrogen-bond acceptors (Lipinski definition) is 5. The number of nitrogens with two attached hydrogens (primary N) is 1. The highest BCUT2D eigenvalue weighted by atomic mass is 16.6. The number of fused-ring (bicyclic) bond motifs is 1. The smallest absolute Gasteiger partial charge is 0.202 e. The van der Waals surface area contributed by atoms with Crippen molar-refractivity contribution in [2.75, 3.05) is 25.6 Å². The van der Waals surface area contributed by atoms with E-state index in [1.54, 1.807) is 0 Å². The lowest BCUT2D eigenvalue weighted by molar-refractivity contribution is -0.0931. The molecule has 18 heavy (non-hydrogen) atoms. The molecule has 6 heteroatoms. The highest BCUT2D eigenvalue weighted by Gasteiger charge is 2.18. The Kier molecular flexibility index (Phi) is 2.89. The van der Waals surface area contributed by atoms with Crippen LogP contribution in [0.4, 0.5) is 5.95 Å². The predicted octanol–water partition coefficient (Wildman–Crippen LogP) is 0.737. The summed E-state index contributed by atoms with van der Waals surface area (Å²) in [5, 5.41) is 0. The van der Waals surface area contributed by atoms with Crippen molar-refractivity contribution in [1.29, 1.82) is 0 Å². The Morgan fingerprint density at radius 2 is 2.39 bits per heavy atom. The first-order valence-electron chi connectivity index (χ1n) is 6.02. The molecule has 1 aliphatic heterocycles. The predicted molar refractivity (Wildman–Crippen MR) is 67.2 cm³/mol. The van der Waals surface area contributed by atoms with Crippen molar-refractivity contribution in [3.8, 4) is 0 Å². The Morgan fingerprint density at radius 1 is 1.50 bits per heavy atom. The molecule has 0 aliphatic carbocycles. The molecule has 96 valence electrons. The van der Waals surface area contributed by atoms with Gasteiger partial charge in [-0.15, -0.1) is 0 Å². The lowest BCUT2D eigenvalue weighted by atomic mass is 10.3. The number of nitrogens with zero attached hydrogens (tertiary/aromatic N) is 3. The zero-order valence-electron chi connectivity index (χ0n) is 10.3. The van der Waals surface area contributed by atoms with Crippen molar-refractivity contribution in [1.82, 2.24) is 14.5 Å². The van der Waals surface area contributed by atoms with Crippen LogP contribution in [0, 0.1) is 6.92 Å². The second-order valence-electron chi connectivity index (χ2n) is 4.50. The SMILES string of the molecule is Cc1cnc2c(c1)nc(N)n2CC1COCCO1. The zero-order chi connectivity index (χ0) is 12.5. The van der Waals surface area contributed by atoms with Gasteiger partial charge >= 0.3 is 0 Å². The zero-order valence-corrected chi connectivity index (χ0v) is 10.3. The lowest BCUT2D eigenvalue weighted by Crippen LogP contribution is -2.32. The summed E-state index contributed by atoms with van der Waals surface area (Å²) >= 11 is 0. The Bertz CT molecular complexity index is 560. The molecule has 3 rings (SSSR count). The quantitative estimate of drug-likeness (QED) is 0.848. The molecule has 6 nitrogen and oxygen atoms in total. The van der Waals surface area contributed by atoms with Crippen LogP contribution in [0.1, 0.15) is 5.56 Å². The molecule has 1 unspecified atom stereocenters. The van der Waals surface area contributed by atoms with Gasteiger partial charge in [-0.25, -0.2) is 9.97 Å². The van der Waals surface area contributed by atoms with Gasteiger partial charge < -0.3 is 15.2 Å². The minimum atomic E-state index is 0.0153. The summed E-state index contributed by atoms with van der Waals surface area (Å²) in [6, 6.07) is 1.98. The highest BCUT2D eigenvalue weighted by molar-refractivity contribution is 5.74. The summed E-state index contributed by atoms with van der Waals surface area (Å²) in [5.74, 6) is 0.470. The van der Waals surface area contributed by atoms with Gasteiger partial charge in [-0.2, -0.15) is 0 Å². The van der Waals surface area contributed by atoms with Gasteiger partial charge in [0.15, 0.2) is 5.65 Å². The van der Waals surface area contributed by atoms with Crippen LogP contribution in [0.5, 0.6) is 0 Å². The fraction of sp³-hybridized carbons (Fsp3) is 0.500. The highest BCUT2D eigenvalue weighted by Crippen LogP contribution is 2.18. The number of hydrogen-bond donors (Lipinski definition) is 1. The molecule has 2 aromatic heterocycles. The van der Waals surface area contributed by atoms with Gasteiger partial charge in [-0.3, -0.25) is 4.57 Å². The van der Waals surface area contributed by atoms with E-state index in [9.17, 15) is 0 Å². The Morgan fingerprint density at radius 3 is 3.17 bits per heavy atom. The van der Waals surface area contributed by atoms with Crippen LogP contribution < -0.4 is 5.73 Å². The molecule has 0 aromatic carbocycles. The molecular formula is C12H16N4O2. The molecule has 1 saturated heterocycles. The number of aryl methyl sites for hydroxylation is 1. The van der Waals surface area contributed by atoms with Crippen molar-refractivity contribution in [2.45, 2.75) is 19.6 Å². The largest absolute Gasteiger partial charge is 0.376 e. The van der Waals surface area contributed by atoms with Crippen LogP contribution in [-0.4, -0.2) is 40.5 Å². The first-order valence-corrected chi connectivity index (χ1v) is 6.02. The second-order valence-corrected chi connectivity index (χ2v) is 4.50. The van der Waals surface area contributed by atoms with Gasteiger partial charge in [0.05, 0.1) is 32.5 Å². The molecular weight excluding hydrogens is 232 g/mol. The molecule has 3 heterocycles. The van der Waals surface area contributed by atoms with Gasteiger partial charge in [0.2, 0.25) is 5.95 Å². The third kappa shape index (κ3) is 2.04. The summed E-state index contributed by atoms with van der Waals surface area (Å²) in [5.41, 5.74) is 8.63. The van der Waals surface area contributed by atoms with E-state index in [1.165, 1.54) is 0 Å². The number of anilines is 1. The molecule has 1 fully saturated rings. The molecule has 0 amide bonds. The van der Waals surface area contributed by atoms with Crippen molar-refractivity contribution in [3.63, 3.8) is 0 Å². The van der Waals surface area contributed by atoms with Crippen LogP contribution in [0.2, 0.25) is 0 Å². The van der Waals surface area contributed by atoms with Gasteiger partial charge in [-0.1, -0.05) is 0 Å². The van der Waals surface area contributed by atoms with Crippen LogP contribution in [0.25, 0.3) is 11.2 Å². The van der Waals surface area contributed by atoms with E-state index in [0.29, 0.717) is 32.3 Å². The molecule has 0 radical (unpaired) electrons. The Labute approximate surface area is 105 Å². The van der Waals surface area contributed by atoms with E-state index in [1.807, 2.05) is 23.8 Å². The van der Waals surface area contributed by atoms with Crippen molar-refractivity contribution < 1.29 is 9.47 Å². The first kappa shape index (κ1) is 11.4. The summed E-state index contributed by atoms with van der Waals surface area (Å²) < 4.78 is 12.9. The monoisotopic (exact) mass is 248 g/mol. The normalized spacial score (nSPS) is 20.4. The standard InChI is InChI=1S/C12H16N4O2/c1-8-4-10-11(14-5-8)16(12(13)15-10)6-9-7-17-2-3-18-9/h4-5,9H,2-3,6-7H2,1H3,(H2,13,15). The van der Waals surface area contributed by atoms with Crippen molar-refractivity contribution >= 4 is 17.1 Å². The molecule has 2 N–H and O–H groups in total. The maximum Gasteiger partial charge on any atom is 0.202 e. The van der Waals surface area contributed by atoms with Crippen LogP contribution in [0.15, 0.2) is 12.3 Å². The Hall–Kier alpha value is -1.66. The summed E-state index contributed by atoms with van der Waals surface area (Å²) in [6.07, 6.45) is 1.83. The minimum absolute atomic E-state index is 0.0153. The molecule has 0 spiro atoms.